The van der Waals surface area contributed by atoms with Crippen molar-refractivity contribution in [1.82, 2.24) is 9.97 Å². The van der Waals surface area contributed by atoms with Gasteiger partial charge in [0.15, 0.2) is 0 Å². The van der Waals surface area contributed by atoms with Crippen LogP contribution in [0.3, 0.4) is 0 Å². The molecule has 176 valence electrons. The fraction of sp³-hybridized carbons (Fsp3) is 0.417. The Morgan fingerprint density at radius 2 is 1.85 bits per heavy atom. The molecule has 9 heteroatoms. The van der Waals surface area contributed by atoms with Crippen LogP contribution in [0.15, 0.2) is 41.0 Å². The zero-order valence-corrected chi connectivity index (χ0v) is 20.1. The number of methoxy groups -OCH3 is 1. The maximum atomic E-state index is 14.1. The molecular formula is C24H29FN4O3S. The molecular weight excluding hydrogens is 443 g/mol. The zero-order valence-electron chi connectivity index (χ0n) is 19.3. The molecule has 0 unspecified atom stereocenters. The molecule has 1 aromatic heterocycles. The van der Waals surface area contributed by atoms with Crippen LogP contribution in [-0.2, 0) is 9.73 Å². The van der Waals surface area contributed by atoms with Gasteiger partial charge in [-0.25, -0.2) is 18.6 Å². The van der Waals surface area contributed by atoms with Crippen molar-refractivity contribution < 1.29 is 18.1 Å². The van der Waals surface area contributed by atoms with Gasteiger partial charge in [-0.2, -0.15) is 4.36 Å². The van der Waals surface area contributed by atoms with Gasteiger partial charge in [0.2, 0.25) is 0 Å². The summed E-state index contributed by atoms with van der Waals surface area (Å²) in [5.41, 5.74) is 1.70. The van der Waals surface area contributed by atoms with Crippen molar-refractivity contribution in [3.05, 3.63) is 42.5 Å². The molecule has 1 N–H and O–H groups in total. The van der Waals surface area contributed by atoms with E-state index in [-0.39, 0.29) is 11.9 Å². The SMILES string of the molecule is COc1cc(N=S(C)(C)=O)cc2ncnc(Nc3ccc(F)cc3OC3CCC(C)CC3)c12. The molecule has 1 aliphatic rings. The number of nitrogens with zero attached hydrogens (tertiary/aromatic N) is 3. The van der Waals surface area contributed by atoms with Gasteiger partial charge < -0.3 is 14.8 Å². The molecule has 1 heterocycles. The van der Waals surface area contributed by atoms with Gasteiger partial charge >= 0.3 is 0 Å². The first kappa shape index (κ1) is 23.2. The van der Waals surface area contributed by atoms with E-state index in [0.29, 0.717) is 45.5 Å². The Bertz CT molecular complexity index is 1270. The molecule has 4 rings (SSSR count). The summed E-state index contributed by atoms with van der Waals surface area (Å²) in [5, 5.41) is 3.91. The van der Waals surface area contributed by atoms with Crippen molar-refractivity contribution in [3.8, 4) is 11.5 Å². The quantitative estimate of drug-likeness (QED) is 0.485. The lowest BCUT2D eigenvalue weighted by Crippen LogP contribution is -2.23. The van der Waals surface area contributed by atoms with Gasteiger partial charge in [0.05, 0.1) is 35.5 Å². The fourth-order valence-electron chi connectivity index (χ4n) is 4.05. The molecule has 2 aromatic carbocycles. The third-order valence-corrected chi connectivity index (χ3v) is 6.34. The second kappa shape index (κ2) is 9.51. The van der Waals surface area contributed by atoms with Crippen molar-refractivity contribution >= 4 is 37.8 Å². The van der Waals surface area contributed by atoms with Gasteiger partial charge in [0.25, 0.3) is 0 Å². The summed E-state index contributed by atoms with van der Waals surface area (Å²) in [6.45, 7) is 2.25. The number of hydrogen-bond donors (Lipinski definition) is 1. The standard InChI is InChI=1S/C24H29FN4O3S/c1-15-5-8-18(9-6-15)32-21-11-16(25)7-10-19(21)28-24-23-20(26-14-27-24)12-17(13-22(23)31-2)29-33(3,4)30/h7,10-15,18H,5-6,8-9H2,1-4H3,(H,26,27,28). The van der Waals surface area contributed by atoms with Crippen LogP contribution in [0.2, 0.25) is 0 Å². The van der Waals surface area contributed by atoms with Crippen LogP contribution in [0.25, 0.3) is 10.9 Å². The number of aromatic nitrogens is 2. The molecule has 1 fully saturated rings. The molecule has 0 atom stereocenters. The molecule has 0 radical (unpaired) electrons. The molecule has 3 aromatic rings. The Morgan fingerprint density at radius 1 is 1.09 bits per heavy atom. The second-order valence-corrected chi connectivity index (χ2v) is 11.3. The molecule has 0 amide bonds. The largest absolute Gasteiger partial charge is 0.496 e. The van der Waals surface area contributed by atoms with E-state index < -0.39 is 9.73 Å². The van der Waals surface area contributed by atoms with E-state index in [1.165, 1.54) is 18.5 Å². The maximum absolute atomic E-state index is 14.1. The Kier molecular flexibility index (Phi) is 6.69. The lowest BCUT2D eigenvalue weighted by Gasteiger charge is -2.27. The van der Waals surface area contributed by atoms with E-state index in [1.807, 2.05) is 0 Å². The fourth-order valence-corrected chi connectivity index (χ4v) is 4.67. The van der Waals surface area contributed by atoms with Crippen LogP contribution in [0, 0.1) is 11.7 Å². The van der Waals surface area contributed by atoms with Crippen LogP contribution < -0.4 is 14.8 Å². The predicted molar refractivity (Wildman–Crippen MR) is 130 cm³/mol. The van der Waals surface area contributed by atoms with Crippen LogP contribution in [0.5, 0.6) is 11.5 Å². The molecule has 7 nitrogen and oxygen atoms in total. The highest BCUT2D eigenvalue weighted by molar-refractivity contribution is 7.92. The first-order valence-corrected chi connectivity index (χ1v) is 13.3. The maximum Gasteiger partial charge on any atom is 0.146 e. The van der Waals surface area contributed by atoms with Gasteiger partial charge in [-0.15, -0.1) is 0 Å². The highest BCUT2D eigenvalue weighted by Crippen LogP contribution is 2.38. The Hall–Kier alpha value is -2.94. The Morgan fingerprint density at radius 3 is 2.55 bits per heavy atom. The van der Waals surface area contributed by atoms with Crippen LogP contribution >= 0.6 is 0 Å². The van der Waals surface area contributed by atoms with Gasteiger partial charge in [-0.3, -0.25) is 0 Å². The van der Waals surface area contributed by atoms with Crippen molar-refractivity contribution in [3.63, 3.8) is 0 Å². The minimum absolute atomic E-state index is 0.0577. The number of rotatable bonds is 6. The average Bonchev–Trinajstić information content (AvgIpc) is 2.75. The Labute approximate surface area is 193 Å². The van der Waals surface area contributed by atoms with E-state index in [2.05, 4.69) is 26.6 Å². The van der Waals surface area contributed by atoms with Crippen LogP contribution in [-0.4, -0.2) is 39.9 Å². The first-order chi connectivity index (χ1) is 15.7. The number of fused-ring (bicyclic) bond motifs is 1. The summed E-state index contributed by atoms with van der Waals surface area (Å²) in [7, 11) is -0.806. The average molecular weight is 473 g/mol. The smallest absolute Gasteiger partial charge is 0.146 e. The van der Waals surface area contributed by atoms with E-state index in [9.17, 15) is 8.60 Å². The predicted octanol–water partition coefficient (Wildman–Crippen LogP) is 5.84. The van der Waals surface area contributed by atoms with Crippen molar-refractivity contribution in [2.75, 3.05) is 24.9 Å². The number of nitrogens with one attached hydrogen (secondary N) is 1. The lowest BCUT2D eigenvalue weighted by molar-refractivity contribution is 0.136. The number of benzene rings is 2. The molecule has 1 saturated carbocycles. The third kappa shape index (κ3) is 5.71. The summed E-state index contributed by atoms with van der Waals surface area (Å²) < 4.78 is 42.3. The molecule has 0 bridgehead atoms. The molecule has 0 saturated heterocycles. The summed E-state index contributed by atoms with van der Waals surface area (Å²) >= 11 is 0. The van der Waals surface area contributed by atoms with Gasteiger partial charge in [-0.1, -0.05) is 6.92 Å². The highest BCUT2D eigenvalue weighted by Gasteiger charge is 2.21. The number of ether oxygens (including phenoxy) is 2. The van der Waals surface area contributed by atoms with Gasteiger partial charge in [0, 0.05) is 34.4 Å². The summed E-state index contributed by atoms with van der Waals surface area (Å²) in [5.74, 6) is 1.76. The zero-order chi connectivity index (χ0) is 23.6. The van der Waals surface area contributed by atoms with Gasteiger partial charge in [-0.05, 0) is 49.8 Å². The van der Waals surface area contributed by atoms with E-state index in [1.54, 1.807) is 37.8 Å². The summed E-state index contributed by atoms with van der Waals surface area (Å²) in [4.78, 5) is 8.74. The van der Waals surface area contributed by atoms with Crippen molar-refractivity contribution in [2.24, 2.45) is 10.3 Å². The Balaban J connectivity index is 1.71. The first-order valence-electron chi connectivity index (χ1n) is 10.9. The number of anilines is 2. The number of halogens is 1. The van der Waals surface area contributed by atoms with E-state index >= 15 is 0 Å². The van der Waals surface area contributed by atoms with Gasteiger partial charge in [0.1, 0.15) is 29.5 Å². The monoisotopic (exact) mass is 472 g/mol. The minimum atomic E-state index is -2.35. The molecule has 0 spiro atoms. The second-order valence-electron chi connectivity index (χ2n) is 8.80. The topological polar surface area (TPSA) is 85.7 Å². The number of hydrogen-bond acceptors (Lipinski definition) is 7. The summed E-state index contributed by atoms with van der Waals surface area (Å²) in [6.07, 6.45) is 8.73. The van der Waals surface area contributed by atoms with E-state index in [4.69, 9.17) is 9.47 Å². The third-order valence-electron chi connectivity index (χ3n) is 5.68. The van der Waals surface area contributed by atoms with Crippen LogP contribution in [0.4, 0.5) is 21.6 Å². The van der Waals surface area contributed by atoms with Crippen molar-refractivity contribution in [1.29, 1.82) is 0 Å². The van der Waals surface area contributed by atoms with Crippen LogP contribution in [0.1, 0.15) is 32.6 Å². The lowest BCUT2D eigenvalue weighted by atomic mass is 9.89. The summed E-state index contributed by atoms with van der Waals surface area (Å²) in [6, 6.07) is 7.87. The molecule has 33 heavy (non-hydrogen) atoms. The molecule has 0 aliphatic heterocycles. The minimum Gasteiger partial charge on any atom is -0.496 e. The van der Waals surface area contributed by atoms with E-state index in [0.717, 1.165) is 25.7 Å². The normalized spacial score (nSPS) is 18.7. The molecule has 1 aliphatic carbocycles. The highest BCUT2D eigenvalue weighted by atomic mass is 32.2. The van der Waals surface area contributed by atoms with Crippen molar-refractivity contribution in [2.45, 2.75) is 38.7 Å².